The predicted octanol–water partition coefficient (Wildman–Crippen LogP) is 0.472. The Labute approximate surface area is 113 Å². The number of nitrogens with one attached hydrogen (secondary N) is 1. The first kappa shape index (κ1) is 13.3. The van der Waals surface area contributed by atoms with Crippen molar-refractivity contribution in [2.75, 3.05) is 26.7 Å². The van der Waals surface area contributed by atoms with Crippen molar-refractivity contribution < 1.29 is 0 Å². The molecule has 0 aromatic carbocycles. The molecule has 5 nitrogen and oxygen atoms in total. The lowest BCUT2D eigenvalue weighted by atomic mass is 10.2. The van der Waals surface area contributed by atoms with E-state index in [9.17, 15) is 0 Å². The molecule has 1 aromatic heterocycles. The summed E-state index contributed by atoms with van der Waals surface area (Å²) in [6.45, 7) is 2.84. The molecule has 0 bridgehead atoms. The van der Waals surface area contributed by atoms with E-state index in [0.29, 0.717) is 0 Å². The third-order valence-corrected chi connectivity index (χ3v) is 2.51. The second-order valence-electron chi connectivity index (χ2n) is 3.83. The molecule has 90 valence electrons. The van der Waals surface area contributed by atoms with Crippen molar-refractivity contribution in [3.8, 4) is 0 Å². The molecule has 1 N–H and O–H groups in total. The molecular weight excluding hydrogens is 317 g/mol. The van der Waals surface area contributed by atoms with Crippen molar-refractivity contribution in [3.63, 3.8) is 0 Å². The number of hydrogen-bond acceptors (Lipinski definition) is 4. The molecule has 0 fully saturated rings. The lowest BCUT2D eigenvalue weighted by Gasteiger charge is -2.14. The van der Waals surface area contributed by atoms with Crippen LogP contribution >= 0.6 is 24.0 Å². The molecule has 1 aliphatic heterocycles. The Bertz CT molecular complexity index is 360. The summed E-state index contributed by atoms with van der Waals surface area (Å²) in [6.07, 6.45) is 4.93. The Hall–Kier alpha value is -0.790. The average Bonchev–Trinajstić information content (AvgIpc) is 2.77. The minimum Gasteiger partial charge on any atom is -0.356 e. The molecule has 1 aromatic rings. The summed E-state index contributed by atoms with van der Waals surface area (Å²) >= 11 is 0. The minimum atomic E-state index is 0. The van der Waals surface area contributed by atoms with Gasteiger partial charge in [0, 0.05) is 33.4 Å². The number of aryl methyl sites for hydroxylation is 1. The van der Waals surface area contributed by atoms with Crippen LogP contribution in [0, 0.1) is 0 Å². The summed E-state index contributed by atoms with van der Waals surface area (Å²) in [7, 11) is 3.99. The summed E-state index contributed by atoms with van der Waals surface area (Å²) in [4.78, 5) is 6.51. The summed E-state index contributed by atoms with van der Waals surface area (Å²) in [6, 6.07) is 0. The Kier molecular flexibility index (Phi) is 5.04. The Balaban J connectivity index is 0.00000128. The maximum absolute atomic E-state index is 4.36. The first-order valence-electron chi connectivity index (χ1n) is 5.22. The van der Waals surface area contributed by atoms with Crippen LogP contribution in [-0.2, 0) is 13.5 Å². The summed E-state index contributed by atoms with van der Waals surface area (Å²) < 4.78 is 1.83. The van der Waals surface area contributed by atoms with Crippen molar-refractivity contribution >= 4 is 29.9 Å². The Morgan fingerprint density at radius 3 is 2.81 bits per heavy atom. The second kappa shape index (κ2) is 6.07. The zero-order valence-electron chi connectivity index (χ0n) is 9.68. The van der Waals surface area contributed by atoms with E-state index in [-0.39, 0.29) is 24.0 Å². The molecular formula is C10H18IN5. The topological polar surface area (TPSA) is 45.4 Å². The van der Waals surface area contributed by atoms with Gasteiger partial charge in [-0.1, -0.05) is 0 Å². The van der Waals surface area contributed by atoms with Gasteiger partial charge in [-0.3, -0.25) is 9.67 Å². The molecule has 2 heterocycles. The molecule has 0 aliphatic carbocycles. The first-order chi connectivity index (χ1) is 7.25. The quantitative estimate of drug-likeness (QED) is 0.817. The van der Waals surface area contributed by atoms with Gasteiger partial charge in [-0.2, -0.15) is 5.10 Å². The molecule has 0 spiro atoms. The van der Waals surface area contributed by atoms with Gasteiger partial charge in [-0.25, -0.2) is 0 Å². The molecule has 0 saturated heterocycles. The van der Waals surface area contributed by atoms with Gasteiger partial charge < -0.3 is 10.2 Å². The SMILES string of the molecule is CN1CCN=C1NCCc1cnn(C)c1.I. The van der Waals surface area contributed by atoms with Gasteiger partial charge in [0.1, 0.15) is 0 Å². The van der Waals surface area contributed by atoms with E-state index < -0.39 is 0 Å². The highest BCUT2D eigenvalue weighted by Gasteiger charge is 2.10. The molecule has 6 heteroatoms. The standard InChI is InChI=1S/C10H17N5.HI/c1-14-6-5-12-10(14)11-4-3-9-7-13-15(2)8-9;/h7-8H,3-6H2,1-2H3,(H,11,12);1H. The van der Waals surface area contributed by atoms with E-state index in [0.717, 1.165) is 32.0 Å². The molecule has 0 atom stereocenters. The van der Waals surface area contributed by atoms with E-state index >= 15 is 0 Å². The lowest BCUT2D eigenvalue weighted by molar-refractivity contribution is 0.534. The fourth-order valence-electron chi connectivity index (χ4n) is 1.64. The maximum Gasteiger partial charge on any atom is 0.193 e. The molecule has 2 rings (SSSR count). The fraction of sp³-hybridized carbons (Fsp3) is 0.600. The van der Waals surface area contributed by atoms with E-state index in [4.69, 9.17) is 0 Å². The fourth-order valence-corrected chi connectivity index (χ4v) is 1.64. The Morgan fingerprint density at radius 1 is 1.44 bits per heavy atom. The maximum atomic E-state index is 4.36. The Morgan fingerprint density at radius 2 is 2.25 bits per heavy atom. The van der Waals surface area contributed by atoms with Crippen molar-refractivity contribution in [1.82, 2.24) is 20.0 Å². The zero-order valence-corrected chi connectivity index (χ0v) is 12.0. The zero-order chi connectivity index (χ0) is 10.7. The lowest BCUT2D eigenvalue weighted by Crippen LogP contribution is -2.36. The minimum absolute atomic E-state index is 0. The second-order valence-corrected chi connectivity index (χ2v) is 3.83. The number of halogens is 1. The normalized spacial score (nSPS) is 14.6. The van der Waals surface area contributed by atoms with E-state index in [1.165, 1.54) is 5.56 Å². The van der Waals surface area contributed by atoms with Crippen LogP contribution in [-0.4, -0.2) is 47.3 Å². The van der Waals surface area contributed by atoms with E-state index in [1.54, 1.807) is 0 Å². The highest BCUT2D eigenvalue weighted by molar-refractivity contribution is 14.0. The van der Waals surface area contributed by atoms with Gasteiger partial charge in [-0.15, -0.1) is 24.0 Å². The van der Waals surface area contributed by atoms with Crippen LogP contribution in [0.25, 0.3) is 0 Å². The number of aliphatic imine (C=N–C) groups is 1. The molecule has 0 saturated carbocycles. The molecule has 0 amide bonds. The molecule has 0 unspecified atom stereocenters. The number of nitrogens with zero attached hydrogens (tertiary/aromatic N) is 4. The highest BCUT2D eigenvalue weighted by atomic mass is 127. The van der Waals surface area contributed by atoms with Crippen LogP contribution in [0.2, 0.25) is 0 Å². The third-order valence-electron chi connectivity index (χ3n) is 2.51. The number of likely N-dealkylation sites (N-methyl/N-ethyl adjacent to an activating group) is 1. The van der Waals surface area contributed by atoms with E-state index in [2.05, 4.69) is 27.4 Å². The monoisotopic (exact) mass is 335 g/mol. The number of rotatable bonds is 3. The van der Waals surface area contributed by atoms with Crippen molar-refractivity contribution in [2.24, 2.45) is 12.0 Å². The van der Waals surface area contributed by atoms with Crippen LogP contribution in [0.5, 0.6) is 0 Å². The van der Waals surface area contributed by atoms with Crippen molar-refractivity contribution in [1.29, 1.82) is 0 Å². The number of aromatic nitrogens is 2. The number of hydrogen-bond donors (Lipinski definition) is 1. The van der Waals surface area contributed by atoms with Crippen LogP contribution < -0.4 is 5.32 Å². The highest BCUT2D eigenvalue weighted by Crippen LogP contribution is 1.98. The van der Waals surface area contributed by atoms with Gasteiger partial charge in [0.15, 0.2) is 5.96 Å². The van der Waals surface area contributed by atoms with Crippen LogP contribution in [0.1, 0.15) is 5.56 Å². The smallest absolute Gasteiger partial charge is 0.193 e. The first-order valence-corrected chi connectivity index (χ1v) is 5.22. The summed E-state index contributed by atoms with van der Waals surface area (Å²) in [5, 5.41) is 7.46. The summed E-state index contributed by atoms with van der Waals surface area (Å²) in [5.41, 5.74) is 1.26. The van der Waals surface area contributed by atoms with Crippen molar-refractivity contribution in [3.05, 3.63) is 18.0 Å². The largest absolute Gasteiger partial charge is 0.356 e. The van der Waals surface area contributed by atoms with Crippen LogP contribution in [0.4, 0.5) is 0 Å². The van der Waals surface area contributed by atoms with Crippen LogP contribution in [0.15, 0.2) is 17.4 Å². The molecule has 1 aliphatic rings. The van der Waals surface area contributed by atoms with Gasteiger partial charge in [-0.05, 0) is 12.0 Å². The van der Waals surface area contributed by atoms with Crippen molar-refractivity contribution in [2.45, 2.75) is 6.42 Å². The molecule has 0 radical (unpaired) electrons. The third kappa shape index (κ3) is 3.36. The molecule has 16 heavy (non-hydrogen) atoms. The number of guanidine groups is 1. The van der Waals surface area contributed by atoms with Gasteiger partial charge in [0.05, 0.1) is 12.7 Å². The van der Waals surface area contributed by atoms with Gasteiger partial charge in [0.2, 0.25) is 0 Å². The van der Waals surface area contributed by atoms with Gasteiger partial charge in [0.25, 0.3) is 0 Å². The summed E-state index contributed by atoms with van der Waals surface area (Å²) in [5.74, 6) is 1.01. The van der Waals surface area contributed by atoms with Gasteiger partial charge >= 0.3 is 0 Å². The van der Waals surface area contributed by atoms with E-state index in [1.807, 2.05) is 24.1 Å². The average molecular weight is 335 g/mol. The predicted molar refractivity (Wildman–Crippen MR) is 75.3 cm³/mol. The van der Waals surface area contributed by atoms with Crippen LogP contribution in [0.3, 0.4) is 0 Å².